The molecule has 0 aliphatic heterocycles. The molecule has 0 atom stereocenters. The standard InChI is InChI=1S/C14H14N2O4/c1-9-2-5-12(13(6-9)16(19)20)15-8-10-3-4-11(17)7-14(10)18/h2-7,15,17-18H,8H2,1H3. The number of phenols is 2. The highest BCUT2D eigenvalue weighted by atomic mass is 16.6. The number of hydrogen-bond donors (Lipinski definition) is 3. The molecule has 6 nitrogen and oxygen atoms in total. The second-order valence-corrected chi connectivity index (χ2v) is 4.44. The van der Waals surface area contributed by atoms with Gasteiger partial charge in [0.2, 0.25) is 0 Å². The second kappa shape index (κ2) is 5.48. The third-order valence-corrected chi connectivity index (χ3v) is 2.89. The summed E-state index contributed by atoms with van der Waals surface area (Å²) in [6.45, 7) is 2.00. The topological polar surface area (TPSA) is 95.6 Å². The van der Waals surface area contributed by atoms with Crippen LogP contribution in [0.2, 0.25) is 0 Å². The highest BCUT2D eigenvalue weighted by Gasteiger charge is 2.13. The Kier molecular flexibility index (Phi) is 3.74. The van der Waals surface area contributed by atoms with E-state index in [9.17, 15) is 20.3 Å². The van der Waals surface area contributed by atoms with Crippen molar-refractivity contribution in [3.8, 4) is 11.5 Å². The van der Waals surface area contributed by atoms with Crippen LogP contribution in [-0.4, -0.2) is 15.1 Å². The van der Waals surface area contributed by atoms with Crippen molar-refractivity contribution in [2.24, 2.45) is 0 Å². The lowest BCUT2D eigenvalue weighted by Gasteiger charge is -2.09. The van der Waals surface area contributed by atoms with Crippen molar-refractivity contribution in [1.29, 1.82) is 0 Å². The molecule has 0 bridgehead atoms. The number of rotatable bonds is 4. The van der Waals surface area contributed by atoms with E-state index >= 15 is 0 Å². The van der Waals surface area contributed by atoms with Crippen molar-refractivity contribution in [1.82, 2.24) is 0 Å². The zero-order chi connectivity index (χ0) is 14.7. The molecule has 0 spiro atoms. The van der Waals surface area contributed by atoms with Gasteiger partial charge in [0.05, 0.1) is 4.92 Å². The molecule has 0 unspecified atom stereocenters. The molecule has 2 rings (SSSR count). The number of nitrogens with zero attached hydrogens (tertiary/aromatic N) is 1. The van der Waals surface area contributed by atoms with Crippen molar-refractivity contribution in [3.63, 3.8) is 0 Å². The Morgan fingerprint density at radius 3 is 2.60 bits per heavy atom. The molecular weight excluding hydrogens is 260 g/mol. The van der Waals surface area contributed by atoms with E-state index in [0.717, 1.165) is 5.56 Å². The summed E-state index contributed by atoms with van der Waals surface area (Å²) in [7, 11) is 0. The van der Waals surface area contributed by atoms with Crippen LogP contribution in [0.5, 0.6) is 11.5 Å². The molecule has 20 heavy (non-hydrogen) atoms. The summed E-state index contributed by atoms with van der Waals surface area (Å²) >= 11 is 0. The monoisotopic (exact) mass is 274 g/mol. The number of nitrogens with one attached hydrogen (secondary N) is 1. The number of aryl methyl sites for hydroxylation is 1. The van der Waals surface area contributed by atoms with Crippen molar-refractivity contribution >= 4 is 11.4 Å². The number of nitro groups is 1. The average molecular weight is 274 g/mol. The summed E-state index contributed by atoms with van der Waals surface area (Å²) in [6.07, 6.45) is 0. The van der Waals surface area contributed by atoms with E-state index in [-0.39, 0.29) is 23.7 Å². The molecule has 0 saturated heterocycles. The van der Waals surface area contributed by atoms with Gasteiger partial charge >= 0.3 is 0 Å². The van der Waals surface area contributed by atoms with Crippen LogP contribution < -0.4 is 5.32 Å². The molecule has 104 valence electrons. The van der Waals surface area contributed by atoms with Gasteiger partial charge in [-0.25, -0.2) is 0 Å². The van der Waals surface area contributed by atoms with Crippen LogP contribution in [0.4, 0.5) is 11.4 Å². The lowest BCUT2D eigenvalue weighted by molar-refractivity contribution is -0.384. The van der Waals surface area contributed by atoms with Gasteiger partial charge in [-0.15, -0.1) is 0 Å². The summed E-state index contributed by atoms with van der Waals surface area (Å²) in [4.78, 5) is 10.5. The van der Waals surface area contributed by atoms with Crippen molar-refractivity contribution in [3.05, 3.63) is 57.6 Å². The molecule has 2 aromatic carbocycles. The Morgan fingerprint density at radius 2 is 1.95 bits per heavy atom. The highest BCUT2D eigenvalue weighted by molar-refractivity contribution is 5.62. The third-order valence-electron chi connectivity index (χ3n) is 2.89. The minimum absolute atomic E-state index is 0.0109. The van der Waals surface area contributed by atoms with Crippen LogP contribution in [-0.2, 0) is 6.54 Å². The third kappa shape index (κ3) is 2.97. The minimum atomic E-state index is -0.452. The first kappa shape index (κ1) is 13.7. The van der Waals surface area contributed by atoms with E-state index < -0.39 is 4.92 Å². The van der Waals surface area contributed by atoms with E-state index in [4.69, 9.17) is 0 Å². The average Bonchev–Trinajstić information content (AvgIpc) is 2.38. The molecule has 0 radical (unpaired) electrons. The molecule has 0 aromatic heterocycles. The number of benzene rings is 2. The molecule has 0 aliphatic carbocycles. The van der Waals surface area contributed by atoms with Crippen LogP contribution in [0.1, 0.15) is 11.1 Å². The summed E-state index contributed by atoms with van der Waals surface area (Å²) < 4.78 is 0. The first-order valence-corrected chi connectivity index (χ1v) is 5.97. The fraction of sp³-hybridized carbons (Fsp3) is 0.143. The Morgan fingerprint density at radius 1 is 1.20 bits per heavy atom. The largest absolute Gasteiger partial charge is 0.508 e. The van der Waals surface area contributed by atoms with Gasteiger partial charge in [0, 0.05) is 24.2 Å². The fourth-order valence-electron chi connectivity index (χ4n) is 1.83. The maximum atomic E-state index is 11.0. The van der Waals surface area contributed by atoms with Crippen molar-refractivity contribution in [2.75, 3.05) is 5.32 Å². The van der Waals surface area contributed by atoms with Gasteiger partial charge in [-0.2, -0.15) is 0 Å². The Hall–Kier alpha value is -2.76. The number of hydrogen-bond acceptors (Lipinski definition) is 5. The van der Waals surface area contributed by atoms with Crippen molar-refractivity contribution in [2.45, 2.75) is 13.5 Å². The lowest BCUT2D eigenvalue weighted by atomic mass is 10.1. The van der Waals surface area contributed by atoms with Gasteiger partial charge in [0.15, 0.2) is 0 Å². The van der Waals surface area contributed by atoms with Gasteiger partial charge in [0.25, 0.3) is 5.69 Å². The van der Waals surface area contributed by atoms with Gasteiger partial charge in [0.1, 0.15) is 17.2 Å². The first-order valence-electron chi connectivity index (χ1n) is 5.97. The lowest BCUT2D eigenvalue weighted by Crippen LogP contribution is -2.03. The van der Waals surface area contributed by atoms with E-state index in [1.807, 2.05) is 0 Å². The van der Waals surface area contributed by atoms with Gasteiger partial charge < -0.3 is 15.5 Å². The van der Waals surface area contributed by atoms with E-state index in [2.05, 4.69) is 5.32 Å². The molecule has 0 saturated carbocycles. The molecule has 0 heterocycles. The smallest absolute Gasteiger partial charge is 0.292 e. The first-order chi connectivity index (χ1) is 9.47. The summed E-state index contributed by atoms with van der Waals surface area (Å²) in [6, 6.07) is 9.11. The zero-order valence-electron chi connectivity index (χ0n) is 10.8. The molecule has 0 amide bonds. The maximum Gasteiger partial charge on any atom is 0.292 e. The number of aromatic hydroxyl groups is 2. The Bertz CT molecular complexity index is 656. The predicted molar refractivity (Wildman–Crippen MR) is 74.9 cm³/mol. The normalized spacial score (nSPS) is 10.2. The molecule has 2 aromatic rings. The number of phenolic OH excluding ortho intramolecular Hbond substituents is 2. The van der Waals surface area contributed by atoms with E-state index in [1.54, 1.807) is 25.1 Å². The summed E-state index contributed by atoms with van der Waals surface area (Å²) in [5.41, 5.74) is 1.71. The van der Waals surface area contributed by atoms with Gasteiger partial charge in [-0.1, -0.05) is 6.07 Å². The maximum absolute atomic E-state index is 11.0. The zero-order valence-corrected chi connectivity index (χ0v) is 10.8. The highest BCUT2D eigenvalue weighted by Crippen LogP contribution is 2.28. The molecule has 3 N–H and O–H groups in total. The van der Waals surface area contributed by atoms with E-state index in [1.165, 1.54) is 18.2 Å². The molecular formula is C14H14N2O4. The Balaban J connectivity index is 2.20. The SMILES string of the molecule is Cc1ccc(NCc2ccc(O)cc2O)c([N+](=O)[O-])c1. The van der Waals surface area contributed by atoms with Crippen LogP contribution in [0, 0.1) is 17.0 Å². The minimum Gasteiger partial charge on any atom is -0.508 e. The summed E-state index contributed by atoms with van der Waals surface area (Å²) in [5, 5.41) is 32.8. The Labute approximate surface area is 115 Å². The van der Waals surface area contributed by atoms with Gasteiger partial charge in [-0.3, -0.25) is 10.1 Å². The molecule has 6 heteroatoms. The fourth-order valence-corrected chi connectivity index (χ4v) is 1.83. The van der Waals surface area contributed by atoms with E-state index in [0.29, 0.717) is 11.3 Å². The van der Waals surface area contributed by atoms with Crippen LogP contribution in [0.25, 0.3) is 0 Å². The van der Waals surface area contributed by atoms with Crippen LogP contribution in [0.15, 0.2) is 36.4 Å². The molecule has 0 aliphatic rings. The molecule has 0 fully saturated rings. The van der Waals surface area contributed by atoms with Crippen LogP contribution in [0.3, 0.4) is 0 Å². The predicted octanol–water partition coefficient (Wildman–Crippen LogP) is 2.93. The number of anilines is 1. The second-order valence-electron chi connectivity index (χ2n) is 4.44. The van der Waals surface area contributed by atoms with Crippen molar-refractivity contribution < 1.29 is 15.1 Å². The number of nitro benzene ring substituents is 1. The quantitative estimate of drug-likeness (QED) is 0.588. The van der Waals surface area contributed by atoms with Crippen LogP contribution >= 0.6 is 0 Å². The summed E-state index contributed by atoms with van der Waals surface area (Å²) in [5.74, 6) is -0.0974. The van der Waals surface area contributed by atoms with Gasteiger partial charge in [-0.05, 0) is 30.7 Å².